The van der Waals surface area contributed by atoms with Gasteiger partial charge in [-0.25, -0.2) is 14.8 Å². The molecule has 5 aromatic heterocycles. The number of H-pyrrole nitrogens is 1. The Morgan fingerprint density at radius 3 is 2.33 bits per heavy atom. The van der Waals surface area contributed by atoms with E-state index in [1.54, 1.807) is 50.4 Å². The molecule has 11 heteroatoms. The number of nitrogens with one attached hydrogen (secondary N) is 2. The normalized spacial score (nSPS) is 11.4. The number of anilines is 1. The predicted molar refractivity (Wildman–Crippen MR) is 175 cm³/mol. The average molecular weight is 599 g/mol. The van der Waals surface area contributed by atoms with Crippen molar-refractivity contribution < 1.29 is 9.53 Å². The molecule has 0 aliphatic rings. The molecule has 0 spiro atoms. The molecule has 0 fully saturated rings. The highest BCUT2D eigenvalue weighted by molar-refractivity contribution is 6.03. The number of imidazole rings is 2. The fourth-order valence-corrected chi connectivity index (χ4v) is 5.02. The van der Waals surface area contributed by atoms with Crippen LogP contribution in [0, 0.1) is 0 Å². The van der Waals surface area contributed by atoms with Crippen LogP contribution in [0.5, 0.6) is 0 Å². The summed E-state index contributed by atoms with van der Waals surface area (Å²) in [5, 5.41) is 3.90. The van der Waals surface area contributed by atoms with Crippen LogP contribution < -0.4 is 10.7 Å². The first-order valence-electron chi connectivity index (χ1n) is 14.3. The zero-order valence-corrected chi connectivity index (χ0v) is 24.9. The maximum absolute atomic E-state index is 12.5. The van der Waals surface area contributed by atoms with Gasteiger partial charge in [0, 0.05) is 73.5 Å². The van der Waals surface area contributed by atoms with E-state index >= 15 is 0 Å². The minimum Gasteiger partial charge on any atom is -0.463 e. The third-order valence-electron chi connectivity index (χ3n) is 7.22. The molecule has 0 aliphatic heterocycles. The van der Waals surface area contributed by atoms with E-state index in [2.05, 4.69) is 30.2 Å². The Kier molecular flexibility index (Phi) is 8.14. The number of aromatic nitrogens is 7. The largest absolute Gasteiger partial charge is 0.463 e. The number of esters is 1. The standard InChI is InChI=1S/C18H18N4O2.C16H12N4O/c1-3-24-18(23)11-15(13-6-8-19-9-7-13)21-14-4-5-17-16(10-14)20-12-22(17)2;1-20-9-18-16-13(20)3-2-11-15(16)14(21)8-12(19-11)10-4-6-17-7-5-10/h4-12,21H,3H2,1-2H3;2-9H,1H3,(H,19,21)/b15-11+;. The topological polar surface area (TPSA) is 133 Å². The second kappa shape index (κ2) is 12.6. The fourth-order valence-electron chi connectivity index (χ4n) is 5.02. The van der Waals surface area contributed by atoms with Crippen molar-refractivity contribution >= 4 is 50.3 Å². The molecule has 7 rings (SSSR count). The Labute approximate surface area is 257 Å². The molecule has 0 saturated heterocycles. The minimum absolute atomic E-state index is 0.0279. The van der Waals surface area contributed by atoms with Crippen molar-refractivity contribution in [2.45, 2.75) is 6.92 Å². The molecule has 0 saturated carbocycles. The number of aromatic amines is 1. The summed E-state index contributed by atoms with van der Waals surface area (Å²) in [7, 11) is 3.87. The Balaban J connectivity index is 0.000000160. The van der Waals surface area contributed by atoms with Crippen LogP contribution in [-0.2, 0) is 23.6 Å². The quantitative estimate of drug-likeness (QED) is 0.191. The van der Waals surface area contributed by atoms with E-state index in [4.69, 9.17) is 4.74 Å². The molecule has 0 aliphatic carbocycles. The third kappa shape index (κ3) is 6.18. The van der Waals surface area contributed by atoms with Crippen molar-refractivity contribution in [3.05, 3.63) is 120 Å². The SMILES string of the molecule is CCOC(=O)/C=C(/Nc1ccc2c(c1)ncn2C)c1ccncc1.Cn1cnc2c3c(=O)cc(-c4ccncc4)[nH]c3ccc21. The summed E-state index contributed by atoms with van der Waals surface area (Å²) in [6.07, 6.45) is 11.7. The van der Waals surface area contributed by atoms with Crippen molar-refractivity contribution in [2.75, 3.05) is 11.9 Å². The monoisotopic (exact) mass is 598 g/mol. The number of benzene rings is 2. The van der Waals surface area contributed by atoms with Gasteiger partial charge in [0.1, 0.15) is 5.52 Å². The Morgan fingerprint density at radius 2 is 1.58 bits per heavy atom. The van der Waals surface area contributed by atoms with E-state index in [0.29, 0.717) is 17.7 Å². The van der Waals surface area contributed by atoms with Crippen LogP contribution in [0.2, 0.25) is 0 Å². The number of carbonyl (C=O) groups excluding carboxylic acids is 1. The van der Waals surface area contributed by atoms with Gasteiger partial charge in [0.15, 0.2) is 5.43 Å². The van der Waals surface area contributed by atoms with Crippen LogP contribution >= 0.6 is 0 Å². The Hall–Kier alpha value is -6.10. The van der Waals surface area contributed by atoms with E-state index in [1.165, 1.54) is 6.08 Å². The van der Waals surface area contributed by atoms with E-state index in [0.717, 1.165) is 50.1 Å². The van der Waals surface area contributed by atoms with Crippen molar-refractivity contribution in [3.63, 3.8) is 0 Å². The molecule has 0 amide bonds. The summed E-state index contributed by atoms with van der Waals surface area (Å²) >= 11 is 0. The van der Waals surface area contributed by atoms with Crippen LogP contribution in [-0.4, -0.2) is 46.6 Å². The van der Waals surface area contributed by atoms with Crippen molar-refractivity contribution in [2.24, 2.45) is 14.1 Å². The first kappa shape index (κ1) is 29.0. The van der Waals surface area contributed by atoms with Crippen molar-refractivity contribution in [1.82, 2.24) is 34.1 Å². The van der Waals surface area contributed by atoms with Crippen LogP contribution in [0.3, 0.4) is 0 Å². The molecule has 2 aromatic carbocycles. The third-order valence-corrected chi connectivity index (χ3v) is 7.22. The van der Waals surface area contributed by atoms with Gasteiger partial charge in [-0.3, -0.25) is 14.8 Å². The van der Waals surface area contributed by atoms with Gasteiger partial charge in [0.2, 0.25) is 0 Å². The zero-order chi connectivity index (χ0) is 31.3. The maximum Gasteiger partial charge on any atom is 0.332 e. The van der Waals surface area contributed by atoms with Gasteiger partial charge in [-0.2, -0.15) is 0 Å². The lowest BCUT2D eigenvalue weighted by atomic mass is 10.1. The van der Waals surface area contributed by atoms with E-state index in [-0.39, 0.29) is 5.43 Å². The second-order valence-electron chi connectivity index (χ2n) is 10.2. The first-order valence-corrected chi connectivity index (χ1v) is 14.3. The van der Waals surface area contributed by atoms with Gasteiger partial charge in [0.25, 0.3) is 0 Å². The predicted octanol–water partition coefficient (Wildman–Crippen LogP) is 5.46. The van der Waals surface area contributed by atoms with E-state index in [1.807, 2.05) is 77.8 Å². The highest BCUT2D eigenvalue weighted by Crippen LogP contribution is 2.24. The molecule has 2 N–H and O–H groups in total. The van der Waals surface area contributed by atoms with Gasteiger partial charge >= 0.3 is 5.97 Å². The molecule has 7 aromatic rings. The number of hydrogen-bond acceptors (Lipinski definition) is 8. The average Bonchev–Trinajstić information content (AvgIpc) is 3.63. The van der Waals surface area contributed by atoms with Crippen LogP contribution in [0.4, 0.5) is 5.69 Å². The molecule has 11 nitrogen and oxygen atoms in total. The summed E-state index contributed by atoms with van der Waals surface area (Å²) in [6.45, 7) is 2.11. The van der Waals surface area contributed by atoms with E-state index in [9.17, 15) is 9.59 Å². The second-order valence-corrected chi connectivity index (χ2v) is 10.2. The maximum atomic E-state index is 12.5. The highest BCUT2D eigenvalue weighted by Gasteiger charge is 2.11. The molecular formula is C34H30N8O3. The van der Waals surface area contributed by atoms with Crippen LogP contribution in [0.25, 0.3) is 49.9 Å². The summed E-state index contributed by atoms with van der Waals surface area (Å²) in [4.78, 5) is 44.4. The number of hydrogen-bond donors (Lipinski definition) is 2. The van der Waals surface area contributed by atoms with Crippen LogP contribution in [0.15, 0.2) is 109 Å². The van der Waals surface area contributed by atoms with Crippen LogP contribution in [0.1, 0.15) is 12.5 Å². The number of rotatable bonds is 6. The van der Waals surface area contributed by atoms with E-state index < -0.39 is 5.97 Å². The number of carbonyl (C=O) groups is 1. The summed E-state index contributed by atoms with van der Waals surface area (Å²) in [5.41, 5.74) is 8.42. The molecule has 45 heavy (non-hydrogen) atoms. The highest BCUT2D eigenvalue weighted by atomic mass is 16.5. The first-order chi connectivity index (χ1) is 21.9. The van der Waals surface area contributed by atoms with Crippen molar-refractivity contribution in [1.29, 1.82) is 0 Å². The number of ether oxygens (including phenoxy) is 1. The van der Waals surface area contributed by atoms with Gasteiger partial charge in [0.05, 0.1) is 52.4 Å². The number of aryl methyl sites for hydroxylation is 2. The Morgan fingerprint density at radius 1 is 0.889 bits per heavy atom. The molecule has 224 valence electrons. The lowest BCUT2D eigenvalue weighted by Crippen LogP contribution is -2.06. The summed E-state index contributed by atoms with van der Waals surface area (Å²) in [6, 6.07) is 18.8. The molecular weight excluding hydrogens is 568 g/mol. The summed E-state index contributed by atoms with van der Waals surface area (Å²) in [5.74, 6) is -0.393. The molecule has 0 unspecified atom stereocenters. The summed E-state index contributed by atoms with van der Waals surface area (Å²) < 4.78 is 8.88. The van der Waals surface area contributed by atoms with Gasteiger partial charge in [-0.15, -0.1) is 0 Å². The number of fused-ring (bicyclic) bond motifs is 4. The van der Waals surface area contributed by atoms with Gasteiger partial charge in [-0.1, -0.05) is 0 Å². The molecule has 0 atom stereocenters. The zero-order valence-electron chi connectivity index (χ0n) is 24.9. The fraction of sp³-hybridized carbons (Fsp3) is 0.118. The number of nitrogens with zero attached hydrogens (tertiary/aromatic N) is 6. The molecule has 5 heterocycles. The van der Waals surface area contributed by atoms with Gasteiger partial charge < -0.3 is 24.2 Å². The Bertz CT molecular complexity index is 2220. The molecule has 0 radical (unpaired) electrons. The lowest BCUT2D eigenvalue weighted by molar-refractivity contribution is -0.137. The van der Waals surface area contributed by atoms with Crippen molar-refractivity contribution in [3.8, 4) is 11.3 Å². The lowest BCUT2D eigenvalue weighted by Gasteiger charge is -2.11. The van der Waals surface area contributed by atoms with Gasteiger partial charge in [-0.05, 0) is 61.5 Å². The smallest absolute Gasteiger partial charge is 0.332 e. The minimum atomic E-state index is -0.393. The molecule has 0 bridgehead atoms. The number of pyridine rings is 3.